The molecule has 1 aromatic heterocycles. The Balaban J connectivity index is 1.67. The molecule has 8 nitrogen and oxygen atoms in total. The maximum Gasteiger partial charge on any atom is 0.276 e. The Morgan fingerprint density at radius 1 is 0.893 bits per heavy atom. The van der Waals surface area contributed by atoms with Crippen LogP contribution in [0.2, 0.25) is 0 Å². The number of carbonyl (C=O) groups is 2. The summed E-state index contributed by atoms with van der Waals surface area (Å²) in [5, 5.41) is 25.2. The van der Waals surface area contributed by atoms with Crippen LogP contribution in [0.3, 0.4) is 0 Å². The van der Waals surface area contributed by atoms with E-state index in [1.807, 2.05) is 0 Å². The van der Waals surface area contributed by atoms with Gasteiger partial charge in [-0.15, -0.1) is 10.2 Å². The lowest BCUT2D eigenvalue weighted by atomic mass is 10.2. The average molecular weight is 372 g/mol. The van der Waals surface area contributed by atoms with Gasteiger partial charge in [-0.1, -0.05) is 12.1 Å². The zero-order valence-electron chi connectivity index (χ0n) is 14.9. The van der Waals surface area contributed by atoms with Gasteiger partial charge in [-0.05, 0) is 48.5 Å². The van der Waals surface area contributed by atoms with Crippen LogP contribution in [0.15, 0.2) is 60.7 Å². The molecule has 138 valence electrons. The Kier molecular flexibility index (Phi) is 5.58. The average Bonchev–Trinajstić information content (AvgIpc) is 2.68. The minimum atomic E-state index is -0.425. The number of hydrogen-bond acceptors (Lipinski definition) is 6. The van der Waals surface area contributed by atoms with Crippen LogP contribution in [0, 0.1) is 11.3 Å². The first-order valence-corrected chi connectivity index (χ1v) is 8.33. The molecule has 0 aliphatic rings. The third-order valence-electron chi connectivity index (χ3n) is 3.60. The zero-order valence-corrected chi connectivity index (χ0v) is 14.9. The van der Waals surface area contributed by atoms with E-state index in [4.69, 9.17) is 5.26 Å². The van der Waals surface area contributed by atoms with E-state index in [-0.39, 0.29) is 11.6 Å². The Hall–Kier alpha value is -4.25. The summed E-state index contributed by atoms with van der Waals surface area (Å²) in [6.45, 7) is 1.41. The van der Waals surface area contributed by atoms with E-state index in [0.717, 1.165) is 0 Å². The van der Waals surface area contributed by atoms with Crippen LogP contribution < -0.4 is 16.0 Å². The highest BCUT2D eigenvalue weighted by atomic mass is 16.2. The van der Waals surface area contributed by atoms with Crippen LogP contribution in [-0.2, 0) is 4.79 Å². The summed E-state index contributed by atoms with van der Waals surface area (Å²) in [4.78, 5) is 23.5. The monoisotopic (exact) mass is 372 g/mol. The summed E-state index contributed by atoms with van der Waals surface area (Å²) < 4.78 is 0. The highest BCUT2D eigenvalue weighted by Gasteiger charge is 2.09. The molecule has 2 aromatic carbocycles. The summed E-state index contributed by atoms with van der Waals surface area (Å²) in [6.07, 6.45) is 0. The van der Waals surface area contributed by atoms with Crippen LogP contribution in [0.5, 0.6) is 0 Å². The number of carbonyl (C=O) groups excluding carboxylic acids is 2. The third kappa shape index (κ3) is 4.89. The second kappa shape index (κ2) is 8.42. The largest absolute Gasteiger partial charge is 0.339 e. The van der Waals surface area contributed by atoms with Crippen LogP contribution in [0.25, 0.3) is 0 Å². The van der Waals surface area contributed by atoms with Crippen molar-refractivity contribution in [2.45, 2.75) is 6.92 Å². The molecule has 8 heteroatoms. The summed E-state index contributed by atoms with van der Waals surface area (Å²) in [7, 11) is 0. The second-order valence-electron chi connectivity index (χ2n) is 5.84. The predicted molar refractivity (Wildman–Crippen MR) is 105 cm³/mol. The molecule has 0 atom stereocenters. The maximum absolute atomic E-state index is 12.3. The number of nitriles is 1. The minimum absolute atomic E-state index is 0.140. The summed E-state index contributed by atoms with van der Waals surface area (Å²) in [6, 6.07) is 18.9. The van der Waals surface area contributed by atoms with E-state index >= 15 is 0 Å². The number of benzene rings is 2. The Morgan fingerprint density at radius 3 is 2.29 bits per heavy atom. The van der Waals surface area contributed by atoms with Crippen molar-refractivity contribution in [2.24, 2.45) is 0 Å². The molecule has 0 aliphatic carbocycles. The van der Waals surface area contributed by atoms with Gasteiger partial charge in [0.05, 0.1) is 11.6 Å². The van der Waals surface area contributed by atoms with Crippen molar-refractivity contribution in [3.8, 4) is 6.07 Å². The second-order valence-corrected chi connectivity index (χ2v) is 5.84. The van der Waals surface area contributed by atoms with Gasteiger partial charge >= 0.3 is 0 Å². The summed E-state index contributed by atoms with van der Waals surface area (Å²) in [5.41, 5.74) is 2.46. The van der Waals surface area contributed by atoms with Gasteiger partial charge < -0.3 is 16.0 Å². The number of amides is 2. The molecule has 0 fully saturated rings. The van der Waals surface area contributed by atoms with Crippen molar-refractivity contribution in [3.63, 3.8) is 0 Å². The minimum Gasteiger partial charge on any atom is -0.339 e. The van der Waals surface area contributed by atoms with Gasteiger partial charge in [0.15, 0.2) is 11.5 Å². The third-order valence-corrected chi connectivity index (χ3v) is 3.60. The number of hydrogen-bond donors (Lipinski definition) is 3. The molecule has 3 N–H and O–H groups in total. The lowest BCUT2D eigenvalue weighted by Crippen LogP contribution is -2.15. The fourth-order valence-electron chi connectivity index (χ4n) is 2.41. The van der Waals surface area contributed by atoms with Crippen molar-refractivity contribution in [1.29, 1.82) is 5.26 Å². The van der Waals surface area contributed by atoms with Gasteiger partial charge in [0.25, 0.3) is 5.91 Å². The predicted octanol–water partition coefficient (Wildman–Crippen LogP) is 3.30. The Labute approximate surface area is 161 Å². The molecule has 2 amide bonds. The van der Waals surface area contributed by atoms with Crippen LogP contribution in [0.1, 0.15) is 23.0 Å². The van der Waals surface area contributed by atoms with E-state index < -0.39 is 5.91 Å². The van der Waals surface area contributed by atoms with Crippen molar-refractivity contribution in [2.75, 3.05) is 16.0 Å². The maximum atomic E-state index is 12.3. The van der Waals surface area contributed by atoms with Crippen molar-refractivity contribution < 1.29 is 9.59 Å². The molecule has 0 bridgehead atoms. The lowest BCUT2D eigenvalue weighted by molar-refractivity contribution is -0.114. The van der Waals surface area contributed by atoms with Crippen LogP contribution in [0.4, 0.5) is 22.9 Å². The highest BCUT2D eigenvalue weighted by Crippen LogP contribution is 2.17. The molecule has 0 aliphatic heterocycles. The fraction of sp³-hybridized carbons (Fsp3) is 0.0500. The molecule has 0 unspecified atom stereocenters. The summed E-state index contributed by atoms with van der Waals surface area (Å²) in [5.74, 6) is -0.178. The molecule has 3 aromatic rings. The van der Waals surface area contributed by atoms with E-state index in [9.17, 15) is 9.59 Å². The molecular weight excluding hydrogens is 356 g/mol. The smallest absolute Gasteiger partial charge is 0.276 e. The van der Waals surface area contributed by atoms with Crippen molar-refractivity contribution >= 4 is 34.7 Å². The first kappa shape index (κ1) is 18.5. The quantitative estimate of drug-likeness (QED) is 0.632. The number of rotatable bonds is 5. The van der Waals surface area contributed by atoms with Crippen molar-refractivity contribution in [1.82, 2.24) is 10.2 Å². The van der Waals surface area contributed by atoms with E-state index in [0.29, 0.717) is 28.4 Å². The van der Waals surface area contributed by atoms with Gasteiger partial charge in [-0.25, -0.2) is 0 Å². The normalized spacial score (nSPS) is 9.86. The van der Waals surface area contributed by atoms with Gasteiger partial charge in [0.1, 0.15) is 0 Å². The first-order valence-electron chi connectivity index (χ1n) is 8.33. The Bertz CT molecular complexity index is 1060. The number of anilines is 4. The van der Waals surface area contributed by atoms with Gasteiger partial charge in [0.2, 0.25) is 5.91 Å². The first-order chi connectivity index (χ1) is 13.5. The molecule has 0 spiro atoms. The number of nitrogens with one attached hydrogen (secondary N) is 3. The van der Waals surface area contributed by atoms with Gasteiger partial charge in [-0.2, -0.15) is 5.26 Å². The lowest BCUT2D eigenvalue weighted by Gasteiger charge is -2.08. The highest BCUT2D eigenvalue weighted by molar-refractivity contribution is 6.03. The molecule has 28 heavy (non-hydrogen) atoms. The van der Waals surface area contributed by atoms with E-state index in [1.54, 1.807) is 54.6 Å². The molecule has 0 saturated heterocycles. The van der Waals surface area contributed by atoms with Gasteiger partial charge in [-0.3, -0.25) is 9.59 Å². The standard InChI is InChI=1S/C20H16N6O2/c1-13(27)22-16-6-3-7-17(11-16)24-20(28)18-8-9-19(26-25-18)23-15-5-2-4-14(10-15)12-21/h2-11H,1H3,(H,22,27)(H,23,26)(H,24,28). The zero-order chi connectivity index (χ0) is 19.9. The molecule has 0 radical (unpaired) electrons. The fourth-order valence-corrected chi connectivity index (χ4v) is 2.41. The molecule has 0 saturated carbocycles. The summed E-state index contributed by atoms with van der Waals surface area (Å²) >= 11 is 0. The van der Waals surface area contributed by atoms with Crippen LogP contribution in [-0.4, -0.2) is 22.0 Å². The van der Waals surface area contributed by atoms with Crippen LogP contribution >= 0.6 is 0 Å². The number of nitrogens with zero attached hydrogens (tertiary/aromatic N) is 3. The molecule has 1 heterocycles. The van der Waals surface area contributed by atoms with E-state index in [1.165, 1.54) is 13.0 Å². The SMILES string of the molecule is CC(=O)Nc1cccc(NC(=O)c2ccc(Nc3cccc(C#N)c3)nn2)c1. The van der Waals surface area contributed by atoms with E-state index in [2.05, 4.69) is 32.2 Å². The Morgan fingerprint density at radius 2 is 1.61 bits per heavy atom. The van der Waals surface area contributed by atoms with Gasteiger partial charge in [0, 0.05) is 24.0 Å². The molecule has 3 rings (SSSR count). The number of aromatic nitrogens is 2. The topological polar surface area (TPSA) is 120 Å². The van der Waals surface area contributed by atoms with Crippen molar-refractivity contribution in [3.05, 3.63) is 71.9 Å². The molecular formula is C20H16N6O2.